The highest BCUT2D eigenvalue weighted by atomic mass is 127. The molecule has 0 atom stereocenters. The average Bonchev–Trinajstić information content (AvgIpc) is 3.73. The van der Waals surface area contributed by atoms with E-state index in [9.17, 15) is 9.59 Å². The van der Waals surface area contributed by atoms with E-state index in [1.807, 2.05) is 53.7 Å². The summed E-state index contributed by atoms with van der Waals surface area (Å²) in [6.45, 7) is 12.0. The summed E-state index contributed by atoms with van der Waals surface area (Å²) in [7, 11) is 5.46. The Kier molecular flexibility index (Phi) is 12.4. The lowest BCUT2D eigenvalue weighted by Crippen LogP contribution is -2.41. The Morgan fingerprint density at radius 1 is 0.761 bits per heavy atom. The molecule has 14 heteroatoms. The standard InChI is InChI=1S/C15H21BO4.C13H14N2O3.C4H5IN2O/c1-10-7-8-11(13(17)18-6)9-12(10)16-19-14(2,3)15(4,5)20-16;1-8-4-5-9(13(16)18-3)6-10(8)12-11(17-2)7-14-15-12;1-8-3-2-6-7-4(3)5/h7-9H,1-6H3;4-7H,1-3H3,(H,14,15);2H,1H3,(H,6,7). The SMILES string of the molecule is COC(=O)c1ccc(C)c(-c2[nH]ncc2OC)c1.COC(=O)c1ccc(C)c(B2OC(C)(C)C(C)(C)O2)c1.COc1cn[nH]c1I. The van der Waals surface area contributed by atoms with Crippen LogP contribution in [-0.2, 0) is 18.8 Å². The molecular weight excluding hydrogens is 706 g/mol. The van der Waals surface area contributed by atoms with E-state index in [4.69, 9.17) is 28.3 Å². The third kappa shape index (κ3) is 8.47. The number of aromatic amines is 2. The minimum absolute atomic E-state index is 0.359. The maximum Gasteiger partial charge on any atom is 0.495 e. The number of halogens is 1. The van der Waals surface area contributed by atoms with Gasteiger partial charge >= 0.3 is 19.1 Å². The minimum Gasteiger partial charge on any atom is -0.493 e. The fourth-order valence-electron chi connectivity index (χ4n) is 4.27. The zero-order valence-electron chi connectivity index (χ0n) is 27.7. The molecule has 0 bridgehead atoms. The summed E-state index contributed by atoms with van der Waals surface area (Å²) in [6.07, 6.45) is 3.24. The van der Waals surface area contributed by atoms with Crippen LogP contribution in [-0.4, -0.2) is 79.1 Å². The molecule has 2 aromatic heterocycles. The second-order valence-electron chi connectivity index (χ2n) is 11.2. The lowest BCUT2D eigenvalue weighted by Gasteiger charge is -2.32. The largest absolute Gasteiger partial charge is 0.495 e. The van der Waals surface area contributed by atoms with E-state index in [2.05, 4.69) is 43.0 Å². The van der Waals surface area contributed by atoms with Gasteiger partial charge in [0.25, 0.3) is 0 Å². The van der Waals surface area contributed by atoms with Crippen molar-refractivity contribution in [2.24, 2.45) is 0 Å². The average molecular weight is 746 g/mol. The predicted molar refractivity (Wildman–Crippen MR) is 183 cm³/mol. The van der Waals surface area contributed by atoms with Crippen molar-refractivity contribution in [1.82, 2.24) is 20.4 Å². The molecule has 246 valence electrons. The first-order chi connectivity index (χ1) is 21.7. The van der Waals surface area contributed by atoms with E-state index in [-0.39, 0.29) is 11.9 Å². The van der Waals surface area contributed by atoms with Crippen LogP contribution >= 0.6 is 22.6 Å². The Hall–Kier alpha value is -3.89. The molecule has 4 aromatic rings. The number of ether oxygens (including phenoxy) is 4. The monoisotopic (exact) mass is 746 g/mol. The van der Waals surface area contributed by atoms with Crippen LogP contribution in [0.3, 0.4) is 0 Å². The molecule has 0 saturated carbocycles. The summed E-state index contributed by atoms with van der Waals surface area (Å²) in [4.78, 5) is 23.2. The number of methoxy groups -OCH3 is 4. The van der Waals surface area contributed by atoms with Gasteiger partial charge in [0.15, 0.2) is 11.5 Å². The molecular formula is C32H40BIN4O8. The molecule has 1 fully saturated rings. The maximum absolute atomic E-state index is 11.6. The first-order valence-electron chi connectivity index (χ1n) is 14.2. The molecule has 1 aliphatic rings. The molecule has 0 aliphatic carbocycles. The van der Waals surface area contributed by atoms with Crippen LogP contribution in [0, 0.1) is 17.5 Å². The Balaban J connectivity index is 0.000000204. The van der Waals surface area contributed by atoms with Gasteiger partial charge in [-0.1, -0.05) is 17.7 Å². The summed E-state index contributed by atoms with van der Waals surface area (Å²) >= 11 is 2.11. The van der Waals surface area contributed by atoms with Crippen LogP contribution in [0.2, 0.25) is 0 Å². The van der Waals surface area contributed by atoms with Crippen molar-refractivity contribution >= 4 is 47.1 Å². The Bertz CT molecular complexity index is 1640. The number of rotatable bonds is 6. The lowest BCUT2D eigenvalue weighted by atomic mass is 9.75. The molecule has 1 aliphatic heterocycles. The number of aromatic nitrogens is 4. The highest BCUT2D eigenvalue weighted by Crippen LogP contribution is 2.37. The molecule has 0 unspecified atom stereocenters. The van der Waals surface area contributed by atoms with E-state index in [0.29, 0.717) is 16.9 Å². The molecule has 5 rings (SSSR count). The Morgan fingerprint density at radius 3 is 1.74 bits per heavy atom. The molecule has 3 heterocycles. The van der Waals surface area contributed by atoms with Gasteiger partial charge in [-0.25, -0.2) is 9.59 Å². The van der Waals surface area contributed by atoms with Crippen LogP contribution in [0.1, 0.15) is 59.5 Å². The van der Waals surface area contributed by atoms with E-state index < -0.39 is 18.3 Å². The molecule has 1 saturated heterocycles. The molecule has 2 N–H and O–H groups in total. The van der Waals surface area contributed by atoms with Gasteiger partial charge in [-0.05, 0) is 99.4 Å². The van der Waals surface area contributed by atoms with Gasteiger partial charge in [0, 0.05) is 5.56 Å². The van der Waals surface area contributed by atoms with Gasteiger partial charge < -0.3 is 28.3 Å². The highest BCUT2D eigenvalue weighted by Gasteiger charge is 2.52. The van der Waals surface area contributed by atoms with Crippen molar-refractivity contribution in [2.75, 3.05) is 28.4 Å². The van der Waals surface area contributed by atoms with Crippen molar-refractivity contribution in [1.29, 1.82) is 0 Å². The van der Waals surface area contributed by atoms with Gasteiger partial charge in [0.1, 0.15) is 9.39 Å². The van der Waals surface area contributed by atoms with Crippen molar-refractivity contribution in [2.45, 2.75) is 52.7 Å². The zero-order chi connectivity index (χ0) is 34.2. The molecule has 2 aromatic carbocycles. The second-order valence-corrected chi connectivity index (χ2v) is 12.3. The highest BCUT2D eigenvalue weighted by molar-refractivity contribution is 14.1. The molecule has 0 radical (unpaired) electrons. The van der Waals surface area contributed by atoms with Crippen molar-refractivity contribution in [3.05, 3.63) is 74.7 Å². The number of carbonyl (C=O) groups excluding carboxylic acids is 2. The summed E-state index contributed by atoms with van der Waals surface area (Å²) in [5.74, 6) is 0.711. The Labute approximate surface area is 283 Å². The molecule has 46 heavy (non-hydrogen) atoms. The Morgan fingerprint density at radius 2 is 1.26 bits per heavy atom. The van der Waals surface area contributed by atoms with Gasteiger partial charge in [0.2, 0.25) is 0 Å². The first-order valence-corrected chi connectivity index (χ1v) is 15.3. The third-order valence-corrected chi connectivity index (χ3v) is 8.51. The van der Waals surface area contributed by atoms with E-state index in [0.717, 1.165) is 37.3 Å². The van der Waals surface area contributed by atoms with E-state index >= 15 is 0 Å². The van der Waals surface area contributed by atoms with Crippen LogP contribution in [0.25, 0.3) is 11.3 Å². The topological polar surface area (TPSA) is 147 Å². The van der Waals surface area contributed by atoms with Crippen molar-refractivity contribution in [3.8, 4) is 22.8 Å². The van der Waals surface area contributed by atoms with Gasteiger partial charge in [-0.15, -0.1) is 0 Å². The van der Waals surface area contributed by atoms with Gasteiger partial charge in [0.05, 0.1) is 63.2 Å². The van der Waals surface area contributed by atoms with Gasteiger partial charge in [-0.2, -0.15) is 10.2 Å². The molecule has 0 spiro atoms. The minimum atomic E-state index is -0.468. The van der Waals surface area contributed by atoms with Gasteiger partial charge in [-0.3, -0.25) is 10.2 Å². The fourth-order valence-corrected chi connectivity index (χ4v) is 4.77. The van der Waals surface area contributed by atoms with Crippen molar-refractivity contribution < 1.29 is 37.8 Å². The summed E-state index contributed by atoms with van der Waals surface area (Å²) in [5.41, 5.74) is 4.73. The number of carbonyl (C=O) groups is 2. The number of benzene rings is 2. The number of nitrogens with zero attached hydrogens (tertiary/aromatic N) is 2. The maximum atomic E-state index is 11.6. The fraction of sp³-hybridized carbons (Fsp3) is 0.375. The molecule has 12 nitrogen and oxygen atoms in total. The number of esters is 2. The quantitative estimate of drug-likeness (QED) is 0.152. The summed E-state index contributed by atoms with van der Waals surface area (Å²) < 4.78 is 32.5. The zero-order valence-corrected chi connectivity index (χ0v) is 29.9. The number of hydrogen-bond donors (Lipinski definition) is 2. The number of aryl methyl sites for hydroxylation is 2. The van der Waals surface area contributed by atoms with Crippen LogP contribution < -0.4 is 14.9 Å². The first kappa shape index (κ1) is 36.6. The predicted octanol–water partition coefficient (Wildman–Crippen LogP) is 5.28. The molecule has 0 amide bonds. The number of hydrogen-bond acceptors (Lipinski definition) is 10. The number of nitrogens with one attached hydrogen (secondary N) is 2. The summed E-state index contributed by atoms with van der Waals surface area (Å²) in [5, 5.41) is 13.3. The van der Waals surface area contributed by atoms with E-state index in [1.54, 1.807) is 50.9 Å². The second kappa shape index (κ2) is 15.6. The smallest absolute Gasteiger partial charge is 0.493 e. The summed E-state index contributed by atoms with van der Waals surface area (Å²) in [6, 6.07) is 10.8. The van der Waals surface area contributed by atoms with Crippen molar-refractivity contribution in [3.63, 3.8) is 0 Å². The van der Waals surface area contributed by atoms with Crippen LogP contribution in [0.5, 0.6) is 11.5 Å². The van der Waals surface area contributed by atoms with Crippen LogP contribution in [0.15, 0.2) is 48.8 Å². The number of H-pyrrole nitrogens is 2. The van der Waals surface area contributed by atoms with Crippen LogP contribution in [0.4, 0.5) is 0 Å². The normalized spacial score (nSPS) is 14.3. The lowest BCUT2D eigenvalue weighted by molar-refractivity contribution is 0.00578. The third-order valence-electron chi connectivity index (χ3n) is 7.74. The van der Waals surface area contributed by atoms with E-state index in [1.165, 1.54) is 14.2 Å².